The molecule has 0 bridgehead atoms. The maximum atomic E-state index is 4.61. The SMILES string of the molecule is CCN(Cc1cccc(C)n1)C(C)CCNCC(C)C. The Kier molecular flexibility index (Phi) is 7.78. The smallest absolute Gasteiger partial charge is 0.0547 e. The van der Waals surface area contributed by atoms with Gasteiger partial charge in [0.05, 0.1) is 5.69 Å². The first-order valence-electron chi connectivity index (χ1n) is 7.90. The Morgan fingerprint density at radius 2 is 2.00 bits per heavy atom. The molecule has 0 radical (unpaired) electrons. The molecule has 0 saturated carbocycles. The number of nitrogens with one attached hydrogen (secondary N) is 1. The van der Waals surface area contributed by atoms with Crippen LogP contribution in [0.15, 0.2) is 18.2 Å². The van der Waals surface area contributed by atoms with Gasteiger partial charge in [0.25, 0.3) is 0 Å². The molecule has 1 aromatic rings. The molecule has 1 aromatic heterocycles. The highest BCUT2D eigenvalue weighted by molar-refractivity contribution is 5.09. The van der Waals surface area contributed by atoms with Crippen LogP contribution in [0.3, 0.4) is 0 Å². The van der Waals surface area contributed by atoms with E-state index in [1.54, 1.807) is 0 Å². The summed E-state index contributed by atoms with van der Waals surface area (Å²) in [5, 5.41) is 3.53. The van der Waals surface area contributed by atoms with Crippen molar-refractivity contribution in [3.05, 3.63) is 29.6 Å². The molecule has 1 unspecified atom stereocenters. The summed E-state index contributed by atoms with van der Waals surface area (Å²) in [5.41, 5.74) is 2.28. The summed E-state index contributed by atoms with van der Waals surface area (Å²) in [6, 6.07) is 6.86. The Morgan fingerprint density at radius 1 is 1.25 bits per heavy atom. The van der Waals surface area contributed by atoms with Crippen LogP contribution in [0.25, 0.3) is 0 Å². The van der Waals surface area contributed by atoms with Crippen LogP contribution < -0.4 is 5.32 Å². The Bertz CT molecular complexity index is 376. The Balaban J connectivity index is 2.40. The van der Waals surface area contributed by atoms with Crippen molar-refractivity contribution in [1.82, 2.24) is 15.2 Å². The number of hydrogen-bond donors (Lipinski definition) is 1. The van der Waals surface area contributed by atoms with Crippen molar-refractivity contribution in [1.29, 1.82) is 0 Å². The van der Waals surface area contributed by atoms with Gasteiger partial charge < -0.3 is 5.32 Å². The van der Waals surface area contributed by atoms with Crippen molar-refractivity contribution in [3.8, 4) is 0 Å². The van der Waals surface area contributed by atoms with E-state index in [-0.39, 0.29) is 0 Å². The standard InChI is InChI=1S/C17H31N3/c1-6-20(13-17-9-7-8-15(4)19-17)16(5)10-11-18-12-14(2)3/h7-9,14,16,18H,6,10-13H2,1-5H3. The summed E-state index contributed by atoms with van der Waals surface area (Å²) < 4.78 is 0. The first-order chi connectivity index (χ1) is 9.52. The summed E-state index contributed by atoms with van der Waals surface area (Å²) >= 11 is 0. The molecular formula is C17H31N3. The topological polar surface area (TPSA) is 28.2 Å². The van der Waals surface area contributed by atoms with E-state index >= 15 is 0 Å². The second kappa shape index (κ2) is 9.09. The summed E-state index contributed by atoms with van der Waals surface area (Å²) in [4.78, 5) is 7.10. The highest BCUT2D eigenvalue weighted by Gasteiger charge is 2.12. The van der Waals surface area contributed by atoms with Crippen LogP contribution in [-0.2, 0) is 6.54 Å². The molecule has 1 atom stereocenters. The number of aryl methyl sites for hydroxylation is 1. The van der Waals surface area contributed by atoms with E-state index in [0.29, 0.717) is 6.04 Å². The van der Waals surface area contributed by atoms with Crippen molar-refractivity contribution >= 4 is 0 Å². The van der Waals surface area contributed by atoms with Crippen LogP contribution in [0.4, 0.5) is 0 Å². The van der Waals surface area contributed by atoms with Gasteiger partial charge in [0, 0.05) is 18.3 Å². The molecule has 0 fully saturated rings. The zero-order chi connectivity index (χ0) is 15.0. The third-order valence-corrected chi connectivity index (χ3v) is 3.63. The van der Waals surface area contributed by atoms with Crippen molar-refractivity contribution in [2.24, 2.45) is 5.92 Å². The van der Waals surface area contributed by atoms with Gasteiger partial charge in [-0.3, -0.25) is 9.88 Å². The molecule has 0 saturated heterocycles. The number of rotatable bonds is 9. The lowest BCUT2D eigenvalue weighted by atomic mass is 10.1. The maximum absolute atomic E-state index is 4.61. The molecule has 0 aliphatic rings. The molecule has 20 heavy (non-hydrogen) atoms. The molecule has 1 rings (SSSR count). The molecule has 3 heteroatoms. The van der Waals surface area contributed by atoms with Gasteiger partial charge in [-0.2, -0.15) is 0 Å². The molecule has 0 aliphatic heterocycles. The summed E-state index contributed by atoms with van der Waals surface area (Å²) in [7, 11) is 0. The van der Waals surface area contributed by atoms with Crippen LogP contribution in [-0.4, -0.2) is 35.6 Å². The molecule has 0 aliphatic carbocycles. The Hall–Kier alpha value is -0.930. The minimum Gasteiger partial charge on any atom is -0.316 e. The van der Waals surface area contributed by atoms with Crippen molar-refractivity contribution in [3.63, 3.8) is 0 Å². The summed E-state index contributed by atoms with van der Waals surface area (Å²) in [5.74, 6) is 0.726. The summed E-state index contributed by atoms with van der Waals surface area (Å²) in [6.45, 7) is 15.3. The van der Waals surface area contributed by atoms with E-state index in [2.05, 4.69) is 68.0 Å². The lowest BCUT2D eigenvalue weighted by Crippen LogP contribution is -2.35. The van der Waals surface area contributed by atoms with Crippen LogP contribution in [0.1, 0.15) is 45.5 Å². The zero-order valence-corrected chi connectivity index (χ0v) is 13.8. The largest absolute Gasteiger partial charge is 0.316 e. The van der Waals surface area contributed by atoms with Gasteiger partial charge in [-0.25, -0.2) is 0 Å². The monoisotopic (exact) mass is 277 g/mol. The molecule has 0 aromatic carbocycles. The number of nitrogens with zero attached hydrogens (tertiary/aromatic N) is 2. The molecule has 0 spiro atoms. The van der Waals surface area contributed by atoms with Gasteiger partial charge in [0.2, 0.25) is 0 Å². The minimum absolute atomic E-state index is 0.585. The van der Waals surface area contributed by atoms with E-state index < -0.39 is 0 Å². The zero-order valence-electron chi connectivity index (χ0n) is 13.8. The fourth-order valence-corrected chi connectivity index (χ4v) is 2.36. The predicted octanol–water partition coefficient (Wildman–Crippen LogP) is 3.24. The molecule has 3 nitrogen and oxygen atoms in total. The minimum atomic E-state index is 0.585. The van der Waals surface area contributed by atoms with Gasteiger partial charge in [-0.1, -0.05) is 26.8 Å². The highest BCUT2D eigenvalue weighted by Crippen LogP contribution is 2.09. The van der Waals surface area contributed by atoms with Crippen LogP contribution >= 0.6 is 0 Å². The second-order valence-electron chi connectivity index (χ2n) is 6.07. The van der Waals surface area contributed by atoms with Crippen molar-refractivity contribution < 1.29 is 0 Å². The number of aromatic nitrogens is 1. The second-order valence-corrected chi connectivity index (χ2v) is 6.07. The van der Waals surface area contributed by atoms with Crippen molar-refractivity contribution in [2.45, 2.75) is 53.6 Å². The Labute approximate surface area is 124 Å². The van der Waals surface area contributed by atoms with E-state index in [0.717, 1.165) is 37.8 Å². The van der Waals surface area contributed by atoms with Crippen LogP contribution in [0, 0.1) is 12.8 Å². The fourth-order valence-electron chi connectivity index (χ4n) is 2.36. The Morgan fingerprint density at radius 3 is 2.60 bits per heavy atom. The highest BCUT2D eigenvalue weighted by atomic mass is 15.2. The van der Waals surface area contributed by atoms with Crippen LogP contribution in [0.5, 0.6) is 0 Å². The average Bonchev–Trinajstić information content (AvgIpc) is 2.40. The normalized spacial score (nSPS) is 13.2. The predicted molar refractivity (Wildman–Crippen MR) is 86.8 cm³/mol. The van der Waals surface area contributed by atoms with E-state index in [1.807, 2.05) is 0 Å². The first kappa shape index (κ1) is 17.1. The molecule has 114 valence electrons. The quantitative estimate of drug-likeness (QED) is 0.702. The van der Waals surface area contributed by atoms with Gasteiger partial charge in [-0.05, 0) is 58.0 Å². The average molecular weight is 277 g/mol. The lowest BCUT2D eigenvalue weighted by molar-refractivity contribution is 0.197. The summed E-state index contributed by atoms with van der Waals surface area (Å²) in [6.07, 6.45) is 1.19. The van der Waals surface area contributed by atoms with E-state index in [1.165, 1.54) is 12.1 Å². The first-order valence-corrected chi connectivity index (χ1v) is 7.90. The lowest BCUT2D eigenvalue weighted by Gasteiger charge is -2.27. The van der Waals surface area contributed by atoms with E-state index in [9.17, 15) is 0 Å². The fraction of sp³-hybridized carbons (Fsp3) is 0.706. The maximum Gasteiger partial charge on any atom is 0.0547 e. The van der Waals surface area contributed by atoms with Gasteiger partial charge in [0.15, 0.2) is 0 Å². The molecular weight excluding hydrogens is 246 g/mol. The van der Waals surface area contributed by atoms with Crippen molar-refractivity contribution in [2.75, 3.05) is 19.6 Å². The van der Waals surface area contributed by atoms with Crippen LogP contribution in [0.2, 0.25) is 0 Å². The number of hydrogen-bond acceptors (Lipinski definition) is 3. The van der Waals surface area contributed by atoms with Gasteiger partial charge >= 0.3 is 0 Å². The van der Waals surface area contributed by atoms with E-state index in [4.69, 9.17) is 0 Å². The third-order valence-electron chi connectivity index (χ3n) is 3.63. The molecule has 1 N–H and O–H groups in total. The van der Waals surface area contributed by atoms with Gasteiger partial charge in [0.1, 0.15) is 0 Å². The third kappa shape index (κ3) is 6.49. The molecule has 1 heterocycles. The van der Waals surface area contributed by atoms with Gasteiger partial charge in [-0.15, -0.1) is 0 Å². The molecule has 0 amide bonds. The number of pyridine rings is 1.